The molecular formula is C19H20N2O6S. The monoisotopic (exact) mass is 404 g/mol. The Bertz CT molecular complexity index is 1040. The van der Waals surface area contributed by atoms with Crippen molar-refractivity contribution in [3.63, 3.8) is 0 Å². The number of esters is 1. The lowest BCUT2D eigenvalue weighted by molar-refractivity contribution is 0.0464. The molecule has 0 radical (unpaired) electrons. The van der Waals surface area contributed by atoms with Gasteiger partial charge in [-0.2, -0.15) is 4.31 Å². The summed E-state index contributed by atoms with van der Waals surface area (Å²) in [6.07, 6.45) is 1.51. The normalized spacial score (nSPS) is 11.7. The second-order valence-electron chi connectivity index (χ2n) is 5.85. The van der Waals surface area contributed by atoms with Crippen molar-refractivity contribution in [2.45, 2.75) is 25.3 Å². The lowest BCUT2D eigenvalue weighted by Crippen LogP contribution is -2.30. The maximum absolute atomic E-state index is 12.6. The Hall–Kier alpha value is -2.91. The maximum Gasteiger partial charge on any atom is 0.338 e. The molecule has 0 unspecified atom stereocenters. The van der Waals surface area contributed by atoms with E-state index in [4.69, 9.17) is 13.7 Å². The highest BCUT2D eigenvalue weighted by Crippen LogP contribution is 2.21. The first kappa shape index (κ1) is 19.8. The first-order valence-electron chi connectivity index (χ1n) is 8.72. The molecule has 0 saturated heterocycles. The summed E-state index contributed by atoms with van der Waals surface area (Å²) in [5, 5.41) is 3.83. The fourth-order valence-electron chi connectivity index (χ4n) is 2.63. The average Bonchev–Trinajstić information content (AvgIpc) is 3.38. The maximum atomic E-state index is 12.6. The number of ether oxygens (including phenoxy) is 1. The van der Waals surface area contributed by atoms with Gasteiger partial charge in [0.25, 0.3) is 0 Å². The van der Waals surface area contributed by atoms with Crippen LogP contribution in [-0.2, 0) is 21.4 Å². The van der Waals surface area contributed by atoms with E-state index in [2.05, 4.69) is 5.16 Å². The molecule has 0 saturated carbocycles. The summed E-state index contributed by atoms with van der Waals surface area (Å²) in [5.74, 6) is 0.280. The molecule has 148 valence electrons. The predicted molar refractivity (Wildman–Crippen MR) is 99.9 cm³/mol. The van der Waals surface area contributed by atoms with Gasteiger partial charge in [-0.15, -0.1) is 0 Å². The van der Waals surface area contributed by atoms with E-state index < -0.39 is 16.0 Å². The molecule has 9 heteroatoms. The van der Waals surface area contributed by atoms with Crippen molar-refractivity contribution in [2.75, 3.05) is 13.1 Å². The van der Waals surface area contributed by atoms with Crippen LogP contribution in [0.4, 0.5) is 0 Å². The second kappa shape index (κ2) is 8.41. The Balaban J connectivity index is 1.70. The third-order valence-electron chi connectivity index (χ3n) is 4.09. The Morgan fingerprint density at radius 2 is 1.89 bits per heavy atom. The van der Waals surface area contributed by atoms with Gasteiger partial charge in [0.1, 0.15) is 12.3 Å². The number of nitrogens with zero attached hydrogens (tertiary/aromatic N) is 2. The zero-order valence-electron chi connectivity index (χ0n) is 15.5. The van der Waals surface area contributed by atoms with Crippen LogP contribution in [0.25, 0.3) is 11.5 Å². The number of carbonyl (C=O) groups is 1. The van der Waals surface area contributed by atoms with Gasteiger partial charge in [0.15, 0.2) is 5.76 Å². The van der Waals surface area contributed by atoms with Gasteiger partial charge in [0.2, 0.25) is 15.8 Å². The van der Waals surface area contributed by atoms with Gasteiger partial charge in [-0.3, -0.25) is 0 Å². The zero-order chi connectivity index (χ0) is 20.1. The van der Waals surface area contributed by atoms with E-state index >= 15 is 0 Å². The Kier molecular flexibility index (Phi) is 5.96. The van der Waals surface area contributed by atoms with Crippen molar-refractivity contribution < 1.29 is 26.9 Å². The molecule has 28 heavy (non-hydrogen) atoms. The zero-order valence-corrected chi connectivity index (χ0v) is 16.3. The van der Waals surface area contributed by atoms with Crippen LogP contribution in [0, 0.1) is 0 Å². The van der Waals surface area contributed by atoms with Crippen LogP contribution in [0.1, 0.15) is 29.9 Å². The quantitative estimate of drug-likeness (QED) is 0.531. The van der Waals surface area contributed by atoms with E-state index in [-0.39, 0.29) is 17.1 Å². The highest BCUT2D eigenvalue weighted by Gasteiger charge is 2.23. The van der Waals surface area contributed by atoms with Crippen LogP contribution in [0.5, 0.6) is 0 Å². The van der Waals surface area contributed by atoms with E-state index in [0.29, 0.717) is 30.3 Å². The van der Waals surface area contributed by atoms with Crippen molar-refractivity contribution in [3.8, 4) is 11.5 Å². The van der Waals surface area contributed by atoms with E-state index in [1.807, 2.05) is 0 Å². The van der Waals surface area contributed by atoms with Crippen LogP contribution >= 0.6 is 0 Å². The first-order chi connectivity index (χ1) is 13.5. The minimum absolute atomic E-state index is 0.0483. The highest BCUT2D eigenvalue weighted by molar-refractivity contribution is 7.89. The molecule has 0 N–H and O–H groups in total. The molecular weight excluding hydrogens is 384 g/mol. The van der Waals surface area contributed by atoms with Crippen LogP contribution in [-0.4, -0.2) is 36.9 Å². The third-order valence-corrected chi connectivity index (χ3v) is 6.13. The molecule has 0 spiro atoms. The van der Waals surface area contributed by atoms with E-state index in [9.17, 15) is 13.2 Å². The molecule has 2 aromatic heterocycles. The minimum atomic E-state index is -3.66. The Morgan fingerprint density at radius 1 is 1.11 bits per heavy atom. The minimum Gasteiger partial charge on any atom is -0.461 e. The molecule has 1 aromatic carbocycles. The van der Waals surface area contributed by atoms with Crippen molar-refractivity contribution >= 4 is 16.0 Å². The number of hydrogen-bond donors (Lipinski definition) is 0. The van der Waals surface area contributed by atoms with Gasteiger partial charge < -0.3 is 13.7 Å². The SMILES string of the molecule is CCN(CC)S(=O)(=O)c1cccc(C(=O)OCc2cc(-c3ccco3)on2)c1. The van der Waals surface area contributed by atoms with Crippen LogP contribution < -0.4 is 0 Å². The van der Waals surface area contributed by atoms with Gasteiger partial charge in [0.05, 0.1) is 16.7 Å². The number of hydrogen-bond acceptors (Lipinski definition) is 7. The number of rotatable bonds is 8. The van der Waals surface area contributed by atoms with E-state index in [1.54, 1.807) is 32.0 Å². The second-order valence-corrected chi connectivity index (χ2v) is 7.79. The van der Waals surface area contributed by atoms with Gasteiger partial charge in [-0.05, 0) is 30.3 Å². The topological polar surface area (TPSA) is 103 Å². The summed E-state index contributed by atoms with van der Waals surface area (Å²) in [4.78, 5) is 12.4. The summed E-state index contributed by atoms with van der Waals surface area (Å²) >= 11 is 0. The fourth-order valence-corrected chi connectivity index (χ4v) is 4.14. The molecule has 0 atom stereocenters. The van der Waals surface area contributed by atoms with E-state index in [0.717, 1.165) is 0 Å². The molecule has 3 rings (SSSR count). The summed E-state index contributed by atoms with van der Waals surface area (Å²) in [6, 6.07) is 10.8. The van der Waals surface area contributed by atoms with Crippen LogP contribution in [0.3, 0.4) is 0 Å². The molecule has 0 aliphatic heterocycles. The molecule has 2 heterocycles. The lowest BCUT2D eigenvalue weighted by atomic mass is 10.2. The standard InChI is InChI=1S/C19H20N2O6S/c1-3-21(4-2)28(23,24)16-8-5-7-14(11-16)19(22)26-13-15-12-18(27-20-15)17-9-6-10-25-17/h5-12H,3-4,13H2,1-2H3. The molecule has 0 aliphatic carbocycles. The number of carbonyl (C=O) groups excluding carboxylic acids is 1. The highest BCUT2D eigenvalue weighted by atomic mass is 32.2. The number of aromatic nitrogens is 1. The van der Waals surface area contributed by atoms with Crippen molar-refractivity contribution in [1.29, 1.82) is 0 Å². The molecule has 0 bridgehead atoms. The summed E-state index contributed by atoms with van der Waals surface area (Å²) in [6.45, 7) is 4.09. The van der Waals surface area contributed by atoms with Crippen molar-refractivity contribution in [3.05, 3.63) is 60.0 Å². The van der Waals surface area contributed by atoms with Gasteiger partial charge in [-0.25, -0.2) is 13.2 Å². The van der Waals surface area contributed by atoms with Crippen molar-refractivity contribution in [2.24, 2.45) is 0 Å². The van der Waals surface area contributed by atoms with Gasteiger partial charge >= 0.3 is 5.97 Å². The van der Waals surface area contributed by atoms with Gasteiger partial charge in [-0.1, -0.05) is 25.1 Å². The smallest absolute Gasteiger partial charge is 0.338 e. The molecule has 0 amide bonds. The van der Waals surface area contributed by atoms with Crippen LogP contribution in [0.2, 0.25) is 0 Å². The molecule has 3 aromatic rings. The summed E-state index contributed by atoms with van der Waals surface area (Å²) in [5.41, 5.74) is 0.551. The number of furan rings is 1. The predicted octanol–water partition coefficient (Wildman–Crippen LogP) is 3.32. The molecule has 0 fully saturated rings. The summed E-state index contributed by atoms with van der Waals surface area (Å²) in [7, 11) is -3.66. The third kappa shape index (κ3) is 4.15. The Labute approximate surface area is 162 Å². The fraction of sp³-hybridized carbons (Fsp3) is 0.263. The summed E-state index contributed by atoms with van der Waals surface area (Å²) < 4.78 is 42.1. The molecule has 8 nitrogen and oxygen atoms in total. The lowest BCUT2D eigenvalue weighted by Gasteiger charge is -2.18. The van der Waals surface area contributed by atoms with Gasteiger partial charge in [0, 0.05) is 19.2 Å². The van der Waals surface area contributed by atoms with Crippen molar-refractivity contribution in [1.82, 2.24) is 9.46 Å². The number of benzene rings is 1. The van der Waals surface area contributed by atoms with E-state index in [1.165, 1.54) is 34.8 Å². The first-order valence-corrected chi connectivity index (χ1v) is 10.2. The van der Waals surface area contributed by atoms with Crippen LogP contribution in [0.15, 0.2) is 62.6 Å². The Morgan fingerprint density at radius 3 is 2.57 bits per heavy atom. The largest absolute Gasteiger partial charge is 0.461 e. The number of sulfonamides is 1. The average molecular weight is 404 g/mol. The molecule has 0 aliphatic rings.